The summed E-state index contributed by atoms with van der Waals surface area (Å²) in [5, 5.41) is 6.02. The maximum absolute atomic E-state index is 12.9. The summed E-state index contributed by atoms with van der Waals surface area (Å²) >= 11 is 0. The Bertz CT molecular complexity index is 836. The monoisotopic (exact) mass is 414 g/mol. The van der Waals surface area contributed by atoms with E-state index >= 15 is 0 Å². The van der Waals surface area contributed by atoms with Gasteiger partial charge in [0.25, 0.3) is 11.5 Å². The molecule has 2 aromatic heterocycles. The summed E-state index contributed by atoms with van der Waals surface area (Å²) in [4.78, 5) is 29.6. The van der Waals surface area contributed by atoms with Gasteiger partial charge in [0, 0.05) is 24.5 Å². The Balaban J connectivity index is 0.00000182. The molecule has 0 saturated carbocycles. The lowest BCUT2D eigenvalue weighted by molar-refractivity contribution is 0.102. The molecule has 3 heterocycles. The van der Waals surface area contributed by atoms with Crippen molar-refractivity contribution in [3.8, 4) is 5.75 Å². The highest BCUT2D eigenvalue weighted by atomic mass is 35.5. The van der Waals surface area contributed by atoms with Crippen LogP contribution in [0.2, 0.25) is 0 Å². The second-order valence-corrected chi connectivity index (χ2v) is 6.10. The fourth-order valence-corrected chi connectivity index (χ4v) is 3.13. The quantitative estimate of drug-likeness (QED) is 0.802. The van der Waals surface area contributed by atoms with Gasteiger partial charge in [0.1, 0.15) is 17.0 Å². The number of nitrogens with zero attached hydrogens (tertiary/aromatic N) is 2. The number of carbonyl (C=O) groups excluding carboxylic acids is 1. The van der Waals surface area contributed by atoms with E-state index in [-0.39, 0.29) is 42.0 Å². The molecule has 0 bridgehead atoms. The van der Waals surface area contributed by atoms with Gasteiger partial charge in [0.15, 0.2) is 0 Å². The number of ether oxygens (including phenoxy) is 1. The van der Waals surface area contributed by atoms with Gasteiger partial charge in [-0.25, -0.2) is 0 Å². The summed E-state index contributed by atoms with van der Waals surface area (Å²) < 4.78 is 6.90. The van der Waals surface area contributed by atoms with Crippen LogP contribution in [0.4, 0.5) is 5.69 Å². The van der Waals surface area contributed by atoms with Crippen molar-refractivity contribution < 1.29 is 9.53 Å². The van der Waals surface area contributed by atoms with E-state index in [0.717, 1.165) is 25.9 Å². The van der Waals surface area contributed by atoms with Crippen LogP contribution in [0.5, 0.6) is 5.75 Å². The molecule has 2 N–H and O–H groups in total. The van der Waals surface area contributed by atoms with Gasteiger partial charge in [0.2, 0.25) is 0 Å². The van der Waals surface area contributed by atoms with Crippen molar-refractivity contribution in [2.24, 2.45) is 0 Å². The number of methoxy groups -OCH3 is 1. The minimum Gasteiger partial charge on any atom is -0.494 e. The Morgan fingerprint density at radius 1 is 1.30 bits per heavy atom. The number of hydrogen-bond acceptors (Lipinski definition) is 5. The van der Waals surface area contributed by atoms with Crippen molar-refractivity contribution in [3.05, 3.63) is 52.2 Å². The Morgan fingerprint density at radius 3 is 2.67 bits per heavy atom. The average Bonchev–Trinajstić information content (AvgIpc) is 2.63. The molecule has 2 aromatic rings. The Labute approximate surface area is 170 Å². The number of carbonyl (C=O) groups is 1. The van der Waals surface area contributed by atoms with Crippen molar-refractivity contribution in [1.82, 2.24) is 14.9 Å². The van der Waals surface area contributed by atoms with Crippen LogP contribution in [0.1, 0.15) is 34.8 Å². The van der Waals surface area contributed by atoms with Gasteiger partial charge in [0.05, 0.1) is 13.3 Å². The maximum Gasteiger partial charge on any atom is 0.263 e. The van der Waals surface area contributed by atoms with Crippen LogP contribution in [0, 0.1) is 6.92 Å². The lowest BCUT2D eigenvalue weighted by Gasteiger charge is -2.25. The molecular formula is C18H24Cl2N4O3. The summed E-state index contributed by atoms with van der Waals surface area (Å²) in [5.41, 5.74) is 0.987. The SMILES string of the molecule is COc1ccncc1NC(=O)c1c(C)ccn(C2CCNCC2)c1=O.Cl.Cl. The van der Waals surface area contributed by atoms with E-state index in [2.05, 4.69) is 15.6 Å². The first kappa shape index (κ1) is 23.0. The number of aryl methyl sites for hydroxylation is 1. The number of nitrogens with one attached hydrogen (secondary N) is 2. The number of aromatic nitrogens is 2. The van der Waals surface area contributed by atoms with E-state index in [1.54, 1.807) is 30.0 Å². The summed E-state index contributed by atoms with van der Waals surface area (Å²) in [7, 11) is 1.52. The predicted molar refractivity (Wildman–Crippen MR) is 110 cm³/mol. The zero-order chi connectivity index (χ0) is 17.8. The van der Waals surface area contributed by atoms with E-state index in [0.29, 0.717) is 17.0 Å². The van der Waals surface area contributed by atoms with Crippen molar-refractivity contribution >= 4 is 36.4 Å². The van der Waals surface area contributed by atoms with Gasteiger partial charge >= 0.3 is 0 Å². The highest BCUT2D eigenvalue weighted by Crippen LogP contribution is 2.23. The average molecular weight is 415 g/mol. The zero-order valence-electron chi connectivity index (χ0n) is 15.2. The van der Waals surface area contributed by atoms with Gasteiger partial charge in [-0.3, -0.25) is 14.6 Å². The number of amides is 1. The number of rotatable bonds is 4. The highest BCUT2D eigenvalue weighted by molar-refractivity contribution is 6.05. The lowest BCUT2D eigenvalue weighted by Crippen LogP contribution is -2.37. The molecule has 0 radical (unpaired) electrons. The van der Waals surface area contributed by atoms with E-state index in [1.165, 1.54) is 13.3 Å². The Hall–Kier alpha value is -2.09. The molecule has 3 rings (SSSR count). The first-order chi connectivity index (χ1) is 12.1. The van der Waals surface area contributed by atoms with E-state index < -0.39 is 5.91 Å². The molecular weight excluding hydrogens is 391 g/mol. The Kier molecular flexibility index (Phi) is 8.75. The van der Waals surface area contributed by atoms with Gasteiger partial charge in [-0.05, 0) is 44.5 Å². The van der Waals surface area contributed by atoms with Gasteiger partial charge in [-0.15, -0.1) is 24.8 Å². The van der Waals surface area contributed by atoms with Crippen LogP contribution < -0.4 is 20.9 Å². The molecule has 1 amide bonds. The molecule has 1 aliphatic heterocycles. The first-order valence-corrected chi connectivity index (χ1v) is 8.33. The molecule has 27 heavy (non-hydrogen) atoms. The molecule has 0 atom stereocenters. The molecule has 7 nitrogen and oxygen atoms in total. The fraction of sp³-hybridized carbons (Fsp3) is 0.389. The molecule has 0 spiro atoms. The number of hydrogen-bond donors (Lipinski definition) is 2. The molecule has 1 aliphatic rings. The van der Waals surface area contributed by atoms with Crippen LogP contribution in [-0.2, 0) is 0 Å². The molecule has 0 aromatic carbocycles. The van der Waals surface area contributed by atoms with Crippen LogP contribution in [0.3, 0.4) is 0 Å². The molecule has 1 saturated heterocycles. The van der Waals surface area contributed by atoms with E-state index in [1.807, 2.05) is 6.07 Å². The molecule has 0 unspecified atom stereocenters. The van der Waals surface area contributed by atoms with Crippen LogP contribution in [0.15, 0.2) is 35.5 Å². The van der Waals surface area contributed by atoms with Crippen LogP contribution >= 0.6 is 24.8 Å². The Morgan fingerprint density at radius 2 is 2.00 bits per heavy atom. The molecule has 0 aliphatic carbocycles. The minimum absolute atomic E-state index is 0. The second kappa shape index (κ2) is 10.3. The second-order valence-electron chi connectivity index (χ2n) is 6.10. The predicted octanol–water partition coefficient (Wildman–Crippen LogP) is 2.58. The topological polar surface area (TPSA) is 85.2 Å². The third-order valence-corrected chi connectivity index (χ3v) is 4.51. The number of piperidine rings is 1. The highest BCUT2D eigenvalue weighted by Gasteiger charge is 2.22. The van der Waals surface area contributed by atoms with Gasteiger partial charge < -0.3 is 19.9 Å². The number of pyridine rings is 2. The van der Waals surface area contributed by atoms with Crippen LogP contribution in [0.25, 0.3) is 0 Å². The summed E-state index contributed by atoms with van der Waals surface area (Å²) in [6, 6.07) is 3.59. The number of anilines is 1. The van der Waals surface area contributed by atoms with Crippen LogP contribution in [-0.4, -0.2) is 35.7 Å². The lowest BCUT2D eigenvalue weighted by atomic mass is 10.0. The normalized spacial score (nSPS) is 13.9. The van der Waals surface area contributed by atoms with Crippen molar-refractivity contribution in [1.29, 1.82) is 0 Å². The van der Waals surface area contributed by atoms with Crippen molar-refractivity contribution in [3.63, 3.8) is 0 Å². The molecule has 9 heteroatoms. The summed E-state index contributed by atoms with van der Waals surface area (Å²) in [6.07, 6.45) is 6.61. The third kappa shape index (κ3) is 5.00. The summed E-state index contributed by atoms with van der Waals surface area (Å²) in [6.45, 7) is 3.52. The van der Waals surface area contributed by atoms with E-state index in [9.17, 15) is 9.59 Å². The fourth-order valence-electron chi connectivity index (χ4n) is 3.13. The van der Waals surface area contributed by atoms with Crippen molar-refractivity contribution in [2.45, 2.75) is 25.8 Å². The number of halogens is 2. The standard InChI is InChI=1S/C18H22N4O3.2ClH/c1-12-6-10-22(13-3-7-19-8-4-13)18(24)16(12)17(23)21-14-11-20-9-5-15(14)25-2;;/h5-6,9-11,13,19H,3-4,7-8H2,1-2H3,(H,21,23);2*1H. The van der Waals surface area contributed by atoms with Crippen molar-refractivity contribution in [2.75, 3.05) is 25.5 Å². The first-order valence-electron chi connectivity index (χ1n) is 8.33. The van der Waals surface area contributed by atoms with E-state index in [4.69, 9.17) is 4.74 Å². The molecule has 148 valence electrons. The van der Waals surface area contributed by atoms with Gasteiger partial charge in [-0.1, -0.05) is 0 Å². The smallest absolute Gasteiger partial charge is 0.263 e. The van der Waals surface area contributed by atoms with Gasteiger partial charge in [-0.2, -0.15) is 0 Å². The third-order valence-electron chi connectivity index (χ3n) is 4.51. The molecule has 1 fully saturated rings. The minimum atomic E-state index is -0.447. The zero-order valence-corrected chi connectivity index (χ0v) is 16.9. The maximum atomic E-state index is 12.9. The largest absolute Gasteiger partial charge is 0.494 e. The summed E-state index contributed by atoms with van der Waals surface area (Å²) in [5.74, 6) is 0.0488.